The molecule has 2 heterocycles. The van der Waals surface area contributed by atoms with Gasteiger partial charge in [-0.15, -0.1) is 12.4 Å². The molecule has 3 rings (SSSR count). The number of nitrogens with one attached hydrogen (secondary N) is 5. The lowest BCUT2D eigenvalue weighted by Crippen LogP contribution is -2.43. The molecular formula is C23H28ClN7O2. The number of amidine groups is 1. The monoisotopic (exact) mass is 469 g/mol. The molecule has 0 fully saturated rings. The molecule has 0 spiro atoms. The van der Waals surface area contributed by atoms with E-state index in [9.17, 15) is 9.59 Å². The highest BCUT2D eigenvalue weighted by Gasteiger charge is 2.21. The van der Waals surface area contributed by atoms with Gasteiger partial charge in [0.2, 0.25) is 11.8 Å². The van der Waals surface area contributed by atoms with Crippen LogP contribution in [0.15, 0.2) is 67.0 Å². The number of nitrogen functional groups attached to an aromatic ring is 1. The highest BCUT2D eigenvalue weighted by molar-refractivity contribution is 5.94. The largest absolute Gasteiger partial charge is 0.384 e. The number of carbonyl (C=O) groups excluding carboxylic acids is 2. The molecular weight excluding hydrogens is 442 g/mol. The predicted octanol–water partition coefficient (Wildman–Crippen LogP) is 1.42. The van der Waals surface area contributed by atoms with E-state index >= 15 is 0 Å². The summed E-state index contributed by atoms with van der Waals surface area (Å²) in [4.78, 5) is 32.1. The smallest absolute Gasteiger partial charge is 0.243 e. The second-order valence-corrected chi connectivity index (χ2v) is 7.19. The minimum Gasteiger partial charge on any atom is -0.384 e. The van der Waals surface area contributed by atoms with Crippen molar-refractivity contribution >= 4 is 30.1 Å². The first-order valence-corrected chi connectivity index (χ1v) is 10.3. The van der Waals surface area contributed by atoms with Crippen LogP contribution in [0.1, 0.15) is 28.6 Å². The molecule has 0 saturated carbocycles. The van der Waals surface area contributed by atoms with Gasteiger partial charge in [-0.3, -0.25) is 25.3 Å². The number of hydrogen-bond acceptors (Lipinski definition) is 5. The molecule has 3 aromatic rings. The fourth-order valence-electron chi connectivity index (χ4n) is 3.10. The van der Waals surface area contributed by atoms with Crippen LogP contribution >= 0.6 is 12.4 Å². The molecule has 0 saturated heterocycles. The van der Waals surface area contributed by atoms with Gasteiger partial charge < -0.3 is 21.4 Å². The third kappa shape index (κ3) is 8.06. The first kappa shape index (κ1) is 25.6. The van der Waals surface area contributed by atoms with Crippen LogP contribution < -0.4 is 21.7 Å². The summed E-state index contributed by atoms with van der Waals surface area (Å²) in [5.74, 6) is -0.571. The lowest BCUT2D eigenvalue weighted by molar-refractivity contribution is -0.127. The average molecular weight is 470 g/mol. The van der Waals surface area contributed by atoms with Crippen LogP contribution in [-0.2, 0) is 22.6 Å². The first-order chi connectivity index (χ1) is 15.5. The van der Waals surface area contributed by atoms with E-state index in [2.05, 4.69) is 25.9 Å². The Morgan fingerprint density at radius 3 is 2.48 bits per heavy atom. The summed E-state index contributed by atoms with van der Waals surface area (Å²) >= 11 is 0. The maximum absolute atomic E-state index is 12.8. The van der Waals surface area contributed by atoms with Gasteiger partial charge in [0.25, 0.3) is 0 Å². The van der Waals surface area contributed by atoms with Crippen LogP contribution in [-0.4, -0.2) is 40.7 Å². The van der Waals surface area contributed by atoms with Gasteiger partial charge in [-0.2, -0.15) is 0 Å². The Morgan fingerprint density at radius 1 is 1.06 bits per heavy atom. The number of rotatable bonds is 11. The normalized spacial score (nSPS) is 11.2. The molecule has 10 heteroatoms. The van der Waals surface area contributed by atoms with Gasteiger partial charge in [0.05, 0.1) is 6.54 Å². The van der Waals surface area contributed by atoms with Crippen LogP contribution in [0.3, 0.4) is 0 Å². The summed E-state index contributed by atoms with van der Waals surface area (Å²) in [6, 6.07) is 15.8. The fourth-order valence-corrected chi connectivity index (χ4v) is 3.10. The number of halogens is 1. The molecule has 7 N–H and O–H groups in total. The van der Waals surface area contributed by atoms with Gasteiger partial charge in [0, 0.05) is 48.9 Å². The first-order valence-electron chi connectivity index (χ1n) is 10.3. The van der Waals surface area contributed by atoms with Crippen LogP contribution in [0.25, 0.3) is 0 Å². The Bertz CT molecular complexity index is 1020. The molecule has 2 amide bonds. The molecule has 1 aromatic carbocycles. The van der Waals surface area contributed by atoms with Crippen LogP contribution in [0.2, 0.25) is 0 Å². The van der Waals surface area contributed by atoms with E-state index in [1.54, 1.807) is 24.5 Å². The number of aromatic nitrogens is 2. The highest BCUT2D eigenvalue weighted by atomic mass is 35.5. The van der Waals surface area contributed by atoms with Gasteiger partial charge in [0.15, 0.2) is 0 Å². The average Bonchev–Trinajstić information content (AvgIpc) is 3.33. The van der Waals surface area contributed by atoms with Crippen molar-refractivity contribution in [3.05, 3.63) is 89.5 Å². The Morgan fingerprint density at radius 2 is 1.85 bits per heavy atom. The molecule has 1 atom stereocenters. The zero-order valence-corrected chi connectivity index (χ0v) is 18.8. The van der Waals surface area contributed by atoms with E-state index in [4.69, 9.17) is 11.1 Å². The lowest BCUT2D eigenvalue weighted by Gasteiger charge is -2.18. The zero-order chi connectivity index (χ0) is 22.8. The number of pyridine rings is 1. The van der Waals surface area contributed by atoms with Gasteiger partial charge in [0.1, 0.15) is 11.9 Å². The SMILES string of the molecule is Cl.N=C(N)c1ccc(CNC(C(=O)NCC(=O)NCCc2ccccn2)c2ccc[nH]2)cc1. The van der Waals surface area contributed by atoms with Crippen molar-refractivity contribution in [2.45, 2.75) is 19.0 Å². The van der Waals surface area contributed by atoms with Crippen LogP contribution in [0, 0.1) is 5.41 Å². The van der Waals surface area contributed by atoms with Gasteiger partial charge in [-0.1, -0.05) is 30.3 Å². The van der Waals surface area contributed by atoms with Crippen LogP contribution in [0.4, 0.5) is 0 Å². The Hall–Kier alpha value is -3.69. The third-order valence-electron chi connectivity index (χ3n) is 4.82. The van der Waals surface area contributed by atoms with E-state index < -0.39 is 6.04 Å². The van der Waals surface area contributed by atoms with Gasteiger partial charge in [-0.05, 0) is 29.8 Å². The summed E-state index contributed by atoms with van der Waals surface area (Å²) in [5.41, 5.74) is 8.65. The molecule has 174 valence electrons. The van der Waals surface area contributed by atoms with Crippen molar-refractivity contribution in [1.29, 1.82) is 5.41 Å². The summed E-state index contributed by atoms with van der Waals surface area (Å²) in [5, 5.41) is 16.1. The van der Waals surface area contributed by atoms with Gasteiger partial charge in [-0.25, -0.2) is 0 Å². The Balaban J connectivity index is 0.00000385. The van der Waals surface area contributed by atoms with E-state index in [-0.39, 0.29) is 36.6 Å². The summed E-state index contributed by atoms with van der Waals surface area (Å²) in [6.45, 7) is 0.749. The summed E-state index contributed by atoms with van der Waals surface area (Å²) in [6.07, 6.45) is 4.07. The molecule has 0 aliphatic heterocycles. The number of hydrogen-bond donors (Lipinski definition) is 6. The number of amides is 2. The third-order valence-corrected chi connectivity index (χ3v) is 4.82. The molecule has 0 aliphatic rings. The Labute approximate surface area is 198 Å². The van der Waals surface area contributed by atoms with Crippen molar-refractivity contribution in [3.8, 4) is 0 Å². The molecule has 0 aliphatic carbocycles. The highest BCUT2D eigenvalue weighted by Crippen LogP contribution is 2.12. The van der Waals surface area contributed by atoms with Crippen molar-refractivity contribution < 1.29 is 9.59 Å². The molecule has 33 heavy (non-hydrogen) atoms. The second kappa shape index (κ2) is 13.0. The maximum atomic E-state index is 12.8. The van der Waals surface area contributed by atoms with Crippen molar-refractivity contribution in [2.75, 3.05) is 13.1 Å². The number of aromatic amines is 1. The number of nitrogens with zero attached hydrogens (tertiary/aromatic N) is 1. The van der Waals surface area contributed by atoms with Crippen LogP contribution in [0.5, 0.6) is 0 Å². The minimum absolute atomic E-state index is 0. The van der Waals surface area contributed by atoms with E-state index in [1.165, 1.54) is 0 Å². The van der Waals surface area contributed by atoms with Crippen molar-refractivity contribution in [1.82, 2.24) is 25.9 Å². The molecule has 0 bridgehead atoms. The molecule has 9 nitrogen and oxygen atoms in total. The predicted molar refractivity (Wildman–Crippen MR) is 129 cm³/mol. The second-order valence-electron chi connectivity index (χ2n) is 7.19. The fraction of sp³-hybridized carbons (Fsp3) is 0.217. The molecule has 0 radical (unpaired) electrons. The lowest BCUT2D eigenvalue weighted by atomic mass is 10.1. The summed E-state index contributed by atoms with van der Waals surface area (Å²) in [7, 11) is 0. The minimum atomic E-state index is -0.654. The number of carbonyl (C=O) groups is 2. The zero-order valence-electron chi connectivity index (χ0n) is 18.0. The number of H-pyrrole nitrogens is 1. The quantitative estimate of drug-likeness (QED) is 0.185. The van der Waals surface area contributed by atoms with E-state index in [0.717, 1.165) is 11.3 Å². The summed E-state index contributed by atoms with van der Waals surface area (Å²) < 4.78 is 0. The van der Waals surface area contributed by atoms with Gasteiger partial charge >= 0.3 is 0 Å². The van der Waals surface area contributed by atoms with E-state index in [1.807, 2.05) is 42.5 Å². The van der Waals surface area contributed by atoms with Crippen molar-refractivity contribution in [2.24, 2.45) is 5.73 Å². The molecule has 2 aromatic heterocycles. The maximum Gasteiger partial charge on any atom is 0.243 e. The topological polar surface area (TPSA) is 149 Å². The molecule has 1 unspecified atom stereocenters. The number of nitrogens with two attached hydrogens (primary N) is 1. The Kier molecular flexibility index (Phi) is 10.1. The van der Waals surface area contributed by atoms with E-state index in [0.29, 0.717) is 30.8 Å². The standard InChI is InChI=1S/C23H27N7O2.ClH/c24-22(25)17-8-6-16(7-9-17)14-29-21(19-5-3-12-27-19)23(32)30-15-20(31)28-13-10-18-4-1-2-11-26-18;/h1-9,11-12,21,27,29H,10,13-15H2,(H3,24,25)(H,28,31)(H,30,32);1H. The number of benzene rings is 1. The van der Waals surface area contributed by atoms with Crippen molar-refractivity contribution in [3.63, 3.8) is 0 Å².